The Morgan fingerprint density at radius 2 is 1.81 bits per heavy atom. The number of piperidine rings is 1. The number of carbonyl (C=O) groups excluding carboxylic acids is 3. The Morgan fingerprint density at radius 1 is 1.03 bits per heavy atom. The third kappa shape index (κ3) is 5.61. The molecule has 3 amide bonds. The van der Waals surface area contributed by atoms with Crippen LogP contribution in [-0.4, -0.2) is 53.7 Å². The summed E-state index contributed by atoms with van der Waals surface area (Å²) in [5, 5.41) is 2.96. The maximum absolute atomic E-state index is 12.8. The Labute approximate surface area is 222 Å². The van der Waals surface area contributed by atoms with E-state index < -0.39 is 5.91 Å². The molecular formula is C28H28BrN3O5. The molecule has 37 heavy (non-hydrogen) atoms. The first-order valence-corrected chi connectivity index (χ1v) is 13.3. The molecule has 0 spiro atoms. The van der Waals surface area contributed by atoms with E-state index in [0.29, 0.717) is 42.9 Å². The van der Waals surface area contributed by atoms with Crippen molar-refractivity contribution in [3.63, 3.8) is 0 Å². The summed E-state index contributed by atoms with van der Waals surface area (Å²) < 4.78 is 6.32. The highest BCUT2D eigenvalue weighted by Gasteiger charge is 2.27. The number of halogens is 1. The van der Waals surface area contributed by atoms with Gasteiger partial charge in [0.25, 0.3) is 5.91 Å². The van der Waals surface area contributed by atoms with E-state index in [2.05, 4.69) is 33.4 Å². The van der Waals surface area contributed by atoms with Crippen molar-refractivity contribution in [3.8, 4) is 0 Å². The van der Waals surface area contributed by atoms with Crippen LogP contribution in [0.1, 0.15) is 53.3 Å². The van der Waals surface area contributed by atoms with Gasteiger partial charge in [0.1, 0.15) is 5.58 Å². The number of nitrogens with zero attached hydrogens (tertiary/aromatic N) is 2. The van der Waals surface area contributed by atoms with E-state index in [0.717, 1.165) is 36.3 Å². The number of fused-ring (bicyclic) bond motifs is 1. The lowest BCUT2D eigenvalue weighted by Gasteiger charge is -2.33. The quantitative estimate of drug-likeness (QED) is 0.489. The zero-order valence-corrected chi connectivity index (χ0v) is 22.0. The first-order chi connectivity index (χ1) is 17.9. The Morgan fingerprint density at radius 3 is 2.57 bits per heavy atom. The second-order valence-electron chi connectivity index (χ2n) is 9.57. The second-order valence-corrected chi connectivity index (χ2v) is 10.5. The summed E-state index contributed by atoms with van der Waals surface area (Å²) in [7, 11) is 0. The third-order valence-electron chi connectivity index (χ3n) is 7.19. The molecule has 9 heteroatoms. The molecule has 0 radical (unpaired) electrons. The highest BCUT2D eigenvalue weighted by molar-refractivity contribution is 9.10. The SMILES string of the molecule is O=C(NCC(=O)N1CCC(c2ccccc2CN2CCCC2=O)CC1)c1cc(=O)c2cc(Br)ccc2o1. The van der Waals surface area contributed by atoms with Crippen molar-refractivity contribution in [3.05, 3.63) is 80.1 Å². The monoisotopic (exact) mass is 565 g/mol. The molecule has 3 heterocycles. The molecule has 2 aliphatic rings. The minimum absolute atomic E-state index is 0.126. The Kier molecular flexibility index (Phi) is 7.41. The van der Waals surface area contributed by atoms with Gasteiger partial charge in [-0.05, 0) is 54.5 Å². The van der Waals surface area contributed by atoms with E-state index in [4.69, 9.17) is 4.42 Å². The number of hydrogen-bond acceptors (Lipinski definition) is 5. The van der Waals surface area contributed by atoms with Crippen molar-refractivity contribution in [2.45, 2.75) is 38.1 Å². The first kappa shape index (κ1) is 25.2. The lowest BCUT2D eigenvalue weighted by atomic mass is 9.86. The fourth-order valence-electron chi connectivity index (χ4n) is 5.19. The molecule has 3 aromatic rings. The maximum atomic E-state index is 12.8. The molecule has 2 saturated heterocycles. The number of nitrogens with one attached hydrogen (secondary N) is 1. The largest absolute Gasteiger partial charge is 0.451 e. The van der Waals surface area contributed by atoms with Gasteiger partial charge in [-0.2, -0.15) is 0 Å². The van der Waals surface area contributed by atoms with Crippen LogP contribution in [0.3, 0.4) is 0 Å². The molecule has 8 nitrogen and oxygen atoms in total. The Bertz CT molecular complexity index is 1410. The van der Waals surface area contributed by atoms with E-state index in [-0.39, 0.29) is 29.5 Å². The van der Waals surface area contributed by atoms with Gasteiger partial charge in [0.05, 0.1) is 11.9 Å². The molecule has 2 fully saturated rings. The van der Waals surface area contributed by atoms with Gasteiger partial charge in [0.2, 0.25) is 11.8 Å². The zero-order chi connectivity index (χ0) is 25.9. The van der Waals surface area contributed by atoms with Gasteiger partial charge in [-0.25, -0.2) is 0 Å². The van der Waals surface area contributed by atoms with Crippen LogP contribution in [0.25, 0.3) is 11.0 Å². The molecule has 0 saturated carbocycles. The number of rotatable bonds is 6. The van der Waals surface area contributed by atoms with Gasteiger partial charge in [0, 0.05) is 43.1 Å². The van der Waals surface area contributed by atoms with Crippen molar-refractivity contribution in [1.29, 1.82) is 0 Å². The predicted octanol–water partition coefficient (Wildman–Crippen LogP) is 3.81. The molecule has 2 aliphatic heterocycles. The molecule has 0 aliphatic carbocycles. The first-order valence-electron chi connectivity index (χ1n) is 12.5. The summed E-state index contributed by atoms with van der Waals surface area (Å²) in [5.41, 5.74) is 2.42. The van der Waals surface area contributed by atoms with Crippen molar-refractivity contribution in [2.24, 2.45) is 0 Å². The summed E-state index contributed by atoms with van der Waals surface area (Å²) in [6.45, 7) is 2.47. The van der Waals surface area contributed by atoms with E-state index in [1.165, 1.54) is 11.1 Å². The molecule has 1 N–H and O–H groups in total. The maximum Gasteiger partial charge on any atom is 0.287 e. The van der Waals surface area contributed by atoms with Crippen molar-refractivity contribution >= 4 is 44.6 Å². The number of amides is 3. The van der Waals surface area contributed by atoms with Crippen LogP contribution in [0, 0.1) is 0 Å². The van der Waals surface area contributed by atoms with E-state index in [1.807, 2.05) is 17.0 Å². The van der Waals surface area contributed by atoms with Gasteiger partial charge in [-0.3, -0.25) is 19.2 Å². The molecule has 0 bridgehead atoms. The Balaban J connectivity index is 1.16. The fraction of sp³-hybridized carbons (Fsp3) is 0.357. The number of benzene rings is 2. The third-order valence-corrected chi connectivity index (χ3v) is 7.68. The van der Waals surface area contributed by atoms with Gasteiger partial charge in [-0.15, -0.1) is 0 Å². The van der Waals surface area contributed by atoms with Crippen LogP contribution in [-0.2, 0) is 16.1 Å². The summed E-state index contributed by atoms with van der Waals surface area (Å²) >= 11 is 3.32. The standard InChI is InChI=1S/C28H28BrN3O5/c29-20-7-8-24-22(14-20)23(33)15-25(37-24)28(36)30-16-27(35)31-12-9-18(10-13-31)21-5-2-1-4-19(21)17-32-11-3-6-26(32)34/h1-2,4-5,7-8,14-15,18H,3,6,9-13,16-17H2,(H,30,36). The van der Waals surface area contributed by atoms with Crippen LogP contribution in [0.15, 0.2) is 62.2 Å². The lowest BCUT2D eigenvalue weighted by Crippen LogP contribution is -2.44. The topological polar surface area (TPSA) is 99.9 Å². The van der Waals surface area contributed by atoms with Crippen molar-refractivity contribution < 1.29 is 18.8 Å². The minimum Gasteiger partial charge on any atom is -0.451 e. The van der Waals surface area contributed by atoms with Crippen molar-refractivity contribution in [1.82, 2.24) is 15.1 Å². The average Bonchev–Trinajstić information content (AvgIpc) is 3.31. The average molecular weight is 566 g/mol. The molecule has 0 atom stereocenters. The normalized spacial score (nSPS) is 16.4. The second kappa shape index (κ2) is 10.9. The van der Waals surface area contributed by atoms with Gasteiger partial charge in [-0.1, -0.05) is 40.2 Å². The highest BCUT2D eigenvalue weighted by Crippen LogP contribution is 2.31. The van der Waals surface area contributed by atoms with Crippen LogP contribution < -0.4 is 10.7 Å². The molecular weight excluding hydrogens is 538 g/mol. The van der Waals surface area contributed by atoms with E-state index in [9.17, 15) is 19.2 Å². The number of likely N-dealkylation sites (tertiary alicyclic amines) is 2. The molecule has 192 valence electrons. The van der Waals surface area contributed by atoms with Gasteiger partial charge < -0.3 is 19.5 Å². The summed E-state index contributed by atoms with van der Waals surface area (Å²) in [4.78, 5) is 53.5. The smallest absolute Gasteiger partial charge is 0.287 e. The van der Waals surface area contributed by atoms with Gasteiger partial charge in [0.15, 0.2) is 11.2 Å². The Hall–Kier alpha value is -3.46. The number of hydrogen-bond donors (Lipinski definition) is 1. The van der Waals surface area contributed by atoms with Crippen LogP contribution in [0.4, 0.5) is 0 Å². The molecule has 1 aromatic heterocycles. The molecule has 0 unspecified atom stereocenters. The van der Waals surface area contributed by atoms with E-state index in [1.54, 1.807) is 23.1 Å². The van der Waals surface area contributed by atoms with Crippen LogP contribution in [0.2, 0.25) is 0 Å². The predicted molar refractivity (Wildman–Crippen MR) is 142 cm³/mol. The number of carbonyl (C=O) groups is 3. The van der Waals surface area contributed by atoms with Crippen LogP contribution in [0.5, 0.6) is 0 Å². The minimum atomic E-state index is -0.601. The highest BCUT2D eigenvalue weighted by atomic mass is 79.9. The van der Waals surface area contributed by atoms with E-state index >= 15 is 0 Å². The zero-order valence-electron chi connectivity index (χ0n) is 20.4. The molecule has 2 aromatic carbocycles. The van der Waals surface area contributed by atoms with Gasteiger partial charge >= 0.3 is 0 Å². The summed E-state index contributed by atoms with van der Waals surface area (Å²) in [6, 6.07) is 14.4. The fourth-order valence-corrected chi connectivity index (χ4v) is 5.55. The van der Waals surface area contributed by atoms with Crippen molar-refractivity contribution in [2.75, 3.05) is 26.2 Å². The summed E-state index contributed by atoms with van der Waals surface area (Å²) in [5.74, 6) is -0.363. The lowest BCUT2D eigenvalue weighted by molar-refractivity contribution is -0.131. The molecule has 5 rings (SSSR count). The van der Waals surface area contributed by atoms with Crippen LogP contribution >= 0.6 is 15.9 Å². The summed E-state index contributed by atoms with van der Waals surface area (Å²) in [6.07, 6.45) is 3.19.